The van der Waals surface area contributed by atoms with E-state index < -0.39 is 0 Å². The summed E-state index contributed by atoms with van der Waals surface area (Å²) in [6.45, 7) is 1.32. The van der Waals surface area contributed by atoms with E-state index in [2.05, 4.69) is 39.9 Å². The third-order valence-corrected chi connectivity index (χ3v) is 5.76. The van der Waals surface area contributed by atoms with Crippen LogP contribution in [0.4, 0.5) is 0 Å². The van der Waals surface area contributed by atoms with E-state index in [1.54, 1.807) is 11.3 Å². The van der Waals surface area contributed by atoms with Crippen LogP contribution in [0.2, 0.25) is 0 Å². The van der Waals surface area contributed by atoms with E-state index in [0.29, 0.717) is 19.6 Å². The lowest BCUT2D eigenvalue weighted by molar-refractivity contribution is -0.121. The van der Waals surface area contributed by atoms with Crippen molar-refractivity contribution >= 4 is 39.0 Å². The molecule has 4 rings (SSSR count). The number of ether oxygens (including phenoxy) is 1. The smallest absolute Gasteiger partial charge is 0.220 e. The van der Waals surface area contributed by atoms with Crippen LogP contribution in [0, 0.1) is 0 Å². The minimum atomic E-state index is 0.121. The lowest BCUT2D eigenvalue weighted by Crippen LogP contribution is -2.25. The molecule has 0 aliphatic carbocycles. The van der Waals surface area contributed by atoms with Gasteiger partial charge in [-0.15, -0.1) is 11.3 Å². The van der Waals surface area contributed by atoms with E-state index in [4.69, 9.17) is 4.74 Å². The van der Waals surface area contributed by atoms with Crippen LogP contribution in [0.3, 0.4) is 0 Å². The molecular weight excluding hydrogens is 368 g/mol. The maximum Gasteiger partial charge on any atom is 0.220 e. The molecule has 4 nitrogen and oxygen atoms in total. The number of thiophene rings is 1. The summed E-state index contributed by atoms with van der Waals surface area (Å²) in [5.74, 6) is 1.02. The summed E-state index contributed by atoms with van der Waals surface area (Å²) in [5, 5.41) is 7.36. The van der Waals surface area contributed by atoms with Crippen LogP contribution in [0.25, 0.3) is 21.8 Å². The highest BCUT2D eigenvalue weighted by atomic mass is 32.1. The molecule has 2 heterocycles. The highest BCUT2D eigenvalue weighted by molar-refractivity contribution is 7.09. The van der Waals surface area contributed by atoms with Crippen molar-refractivity contribution in [2.75, 3.05) is 13.2 Å². The van der Waals surface area contributed by atoms with Crippen LogP contribution in [0.1, 0.15) is 24.1 Å². The number of carbonyl (C=O) groups excluding carboxylic acids is 1. The van der Waals surface area contributed by atoms with Crippen molar-refractivity contribution in [2.45, 2.75) is 25.7 Å². The molecule has 0 bridgehead atoms. The standard InChI is InChI=1S/C23H24N2O2S/c26-22(24-14-13-17-7-6-16-28-17)12-3-4-15-27-21-11-5-10-20-23(21)18-8-1-2-9-19(18)25-20/h1-2,5-11,16,25H,3-4,12-15H2,(H,24,26). The number of H-pyrrole nitrogens is 1. The number of para-hydroxylation sites is 1. The number of hydrogen-bond acceptors (Lipinski definition) is 3. The van der Waals surface area contributed by atoms with Crippen molar-refractivity contribution in [2.24, 2.45) is 0 Å². The molecule has 0 atom stereocenters. The number of hydrogen-bond donors (Lipinski definition) is 2. The predicted octanol–water partition coefficient (Wildman–Crippen LogP) is 5.29. The number of benzene rings is 2. The summed E-state index contributed by atoms with van der Waals surface area (Å²) in [5.41, 5.74) is 2.21. The Morgan fingerprint density at radius 2 is 1.89 bits per heavy atom. The molecular formula is C23H24N2O2S. The van der Waals surface area contributed by atoms with Gasteiger partial charge in [0.15, 0.2) is 0 Å². The van der Waals surface area contributed by atoms with Crippen molar-refractivity contribution in [1.82, 2.24) is 10.3 Å². The second-order valence-corrected chi connectivity index (χ2v) is 7.87. The fraction of sp³-hybridized carbons (Fsp3) is 0.261. The van der Waals surface area contributed by atoms with Gasteiger partial charge in [-0.1, -0.05) is 30.3 Å². The van der Waals surface area contributed by atoms with E-state index in [-0.39, 0.29) is 5.91 Å². The van der Waals surface area contributed by atoms with Gasteiger partial charge in [-0.05, 0) is 48.9 Å². The molecule has 2 aromatic carbocycles. The Balaban J connectivity index is 1.23. The van der Waals surface area contributed by atoms with Crippen molar-refractivity contribution in [3.63, 3.8) is 0 Å². The summed E-state index contributed by atoms with van der Waals surface area (Å²) in [6.07, 6.45) is 3.14. The van der Waals surface area contributed by atoms with Gasteiger partial charge in [0, 0.05) is 34.1 Å². The van der Waals surface area contributed by atoms with E-state index in [1.807, 2.05) is 30.3 Å². The summed E-state index contributed by atoms with van der Waals surface area (Å²) in [6, 6.07) is 18.5. The Morgan fingerprint density at radius 3 is 2.79 bits per heavy atom. The van der Waals surface area contributed by atoms with Gasteiger partial charge in [0.2, 0.25) is 5.91 Å². The monoisotopic (exact) mass is 392 g/mol. The fourth-order valence-corrected chi connectivity index (χ4v) is 4.14. The van der Waals surface area contributed by atoms with Gasteiger partial charge in [0.25, 0.3) is 0 Å². The van der Waals surface area contributed by atoms with Gasteiger partial charge < -0.3 is 15.0 Å². The van der Waals surface area contributed by atoms with Gasteiger partial charge in [-0.3, -0.25) is 4.79 Å². The summed E-state index contributed by atoms with van der Waals surface area (Å²) in [7, 11) is 0. The number of nitrogens with one attached hydrogen (secondary N) is 2. The Hall–Kier alpha value is -2.79. The fourth-order valence-electron chi connectivity index (χ4n) is 3.43. The van der Waals surface area contributed by atoms with Gasteiger partial charge in [-0.25, -0.2) is 0 Å². The highest BCUT2D eigenvalue weighted by Gasteiger charge is 2.09. The van der Waals surface area contributed by atoms with Crippen LogP contribution in [-0.4, -0.2) is 24.0 Å². The molecule has 2 aromatic heterocycles. The first-order valence-electron chi connectivity index (χ1n) is 9.72. The minimum Gasteiger partial charge on any atom is -0.493 e. The van der Waals surface area contributed by atoms with Crippen LogP contribution < -0.4 is 10.1 Å². The Morgan fingerprint density at radius 1 is 1.00 bits per heavy atom. The first-order chi connectivity index (χ1) is 13.8. The summed E-state index contributed by atoms with van der Waals surface area (Å²) >= 11 is 1.73. The lowest BCUT2D eigenvalue weighted by Gasteiger charge is -2.08. The molecule has 0 saturated carbocycles. The molecule has 28 heavy (non-hydrogen) atoms. The molecule has 0 saturated heterocycles. The van der Waals surface area contributed by atoms with Crippen molar-refractivity contribution < 1.29 is 9.53 Å². The number of carbonyl (C=O) groups is 1. The van der Waals surface area contributed by atoms with E-state index in [1.165, 1.54) is 10.3 Å². The Bertz CT molecular complexity index is 1050. The zero-order valence-electron chi connectivity index (χ0n) is 15.7. The van der Waals surface area contributed by atoms with E-state index in [0.717, 1.165) is 41.4 Å². The largest absolute Gasteiger partial charge is 0.493 e. The van der Waals surface area contributed by atoms with Crippen LogP contribution >= 0.6 is 11.3 Å². The average molecular weight is 393 g/mol. The van der Waals surface area contributed by atoms with Crippen LogP contribution in [-0.2, 0) is 11.2 Å². The molecule has 2 N–H and O–H groups in total. The molecule has 0 unspecified atom stereocenters. The maximum atomic E-state index is 11.9. The second kappa shape index (κ2) is 8.93. The quantitative estimate of drug-likeness (QED) is 0.380. The molecule has 1 amide bonds. The van der Waals surface area contributed by atoms with Gasteiger partial charge >= 0.3 is 0 Å². The normalized spacial score (nSPS) is 11.1. The third kappa shape index (κ3) is 4.37. The zero-order chi connectivity index (χ0) is 19.2. The molecule has 4 aromatic rings. The van der Waals surface area contributed by atoms with Gasteiger partial charge in [0.05, 0.1) is 12.1 Å². The van der Waals surface area contributed by atoms with Crippen molar-refractivity contribution in [3.05, 3.63) is 64.9 Å². The number of fused-ring (bicyclic) bond motifs is 3. The van der Waals surface area contributed by atoms with E-state index in [9.17, 15) is 4.79 Å². The topological polar surface area (TPSA) is 54.1 Å². The SMILES string of the molecule is O=C(CCCCOc1cccc2[nH]c3ccccc3c12)NCCc1cccs1. The molecule has 144 valence electrons. The summed E-state index contributed by atoms with van der Waals surface area (Å²) in [4.78, 5) is 16.7. The number of rotatable bonds is 9. The summed E-state index contributed by atoms with van der Waals surface area (Å²) < 4.78 is 6.05. The zero-order valence-corrected chi connectivity index (χ0v) is 16.6. The first kappa shape index (κ1) is 18.6. The van der Waals surface area contributed by atoms with Crippen LogP contribution in [0.5, 0.6) is 5.75 Å². The van der Waals surface area contributed by atoms with Crippen LogP contribution in [0.15, 0.2) is 60.0 Å². The molecule has 0 fully saturated rings. The Kier molecular flexibility index (Phi) is 5.92. The molecule has 0 radical (unpaired) electrons. The molecule has 0 spiro atoms. The van der Waals surface area contributed by atoms with E-state index >= 15 is 0 Å². The first-order valence-corrected chi connectivity index (χ1v) is 10.6. The number of aromatic amines is 1. The maximum absolute atomic E-state index is 11.9. The number of unbranched alkanes of at least 4 members (excludes halogenated alkanes) is 1. The third-order valence-electron chi connectivity index (χ3n) is 4.82. The molecule has 0 aliphatic heterocycles. The number of aromatic nitrogens is 1. The minimum absolute atomic E-state index is 0.121. The van der Waals surface area contributed by atoms with Crippen molar-refractivity contribution in [3.8, 4) is 5.75 Å². The van der Waals surface area contributed by atoms with Crippen molar-refractivity contribution in [1.29, 1.82) is 0 Å². The molecule has 5 heteroatoms. The highest BCUT2D eigenvalue weighted by Crippen LogP contribution is 2.33. The second-order valence-electron chi connectivity index (χ2n) is 6.83. The average Bonchev–Trinajstić information content (AvgIpc) is 3.35. The number of amides is 1. The van der Waals surface area contributed by atoms with Gasteiger partial charge in [0.1, 0.15) is 5.75 Å². The molecule has 0 aliphatic rings. The predicted molar refractivity (Wildman–Crippen MR) is 116 cm³/mol. The Labute approximate surface area is 168 Å². The van der Waals surface area contributed by atoms with Gasteiger partial charge in [-0.2, -0.15) is 0 Å². The lowest BCUT2D eigenvalue weighted by atomic mass is 10.1.